The summed E-state index contributed by atoms with van der Waals surface area (Å²) in [6.07, 6.45) is 0.0220. The van der Waals surface area contributed by atoms with Crippen LogP contribution in [0, 0.1) is 0 Å². The number of carbonyl (C=O) groups is 2. The van der Waals surface area contributed by atoms with E-state index >= 15 is 0 Å². The number of hydrogen-bond donors (Lipinski definition) is 2. The third-order valence-corrected chi connectivity index (χ3v) is 6.68. The summed E-state index contributed by atoms with van der Waals surface area (Å²) < 4.78 is 11.0. The Balaban J connectivity index is 1.65. The first-order valence-corrected chi connectivity index (χ1v) is 12.0. The lowest BCUT2D eigenvalue weighted by atomic mass is 9.91. The zero-order valence-corrected chi connectivity index (χ0v) is 21.9. The van der Waals surface area contributed by atoms with Gasteiger partial charge < -0.3 is 19.9 Å². The number of carbonyl (C=O) groups excluding carboxylic acids is 1. The second-order valence-corrected chi connectivity index (χ2v) is 9.44. The van der Waals surface area contributed by atoms with E-state index in [4.69, 9.17) is 37.7 Å². The first kappa shape index (κ1) is 26.3. The van der Waals surface area contributed by atoms with Crippen molar-refractivity contribution in [3.63, 3.8) is 0 Å². The molecule has 0 fully saturated rings. The van der Waals surface area contributed by atoms with Gasteiger partial charge in [0, 0.05) is 11.8 Å². The molecular formula is C28H24Cl2N2O5. The largest absolute Gasteiger partial charge is 0.496 e. The summed E-state index contributed by atoms with van der Waals surface area (Å²) in [4.78, 5) is 29.9. The predicted octanol–water partition coefficient (Wildman–Crippen LogP) is 6.04. The number of aromatic nitrogens is 1. The Kier molecular flexibility index (Phi) is 7.57. The minimum Gasteiger partial charge on any atom is -0.496 e. The van der Waals surface area contributed by atoms with Gasteiger partial charge in [-0.25, -0.2) is 9.78 Å². The molecule has 190 valence electrons. The fourth-order valence-corrected chi connectivity index (χ4v) is 4.71. The number of ether oxygens (including phenoxy) is 2. The molecule has 1 heterocycles. The summed E-state index contributed by atoms with van der Waals surface area (Å²) in [6.45, 7) is 1.44. The highest BCUT2D eigenvalue weighted by Crippen LogP contribution is 2.38. The highest BCUT2D eigenvalue weighted by atomic mass is 35.5. The minimum absolute atomic E-state index is 0.0220. The van der Waals surface area contributed by atoms with Crippen molar-refractivity contribution >= 4 is 46.0 Å². The van der Waals surface area contributed by atoms with Gasteiger partial charge in [-0.15, -0.1) is 0 Å². The first-order chi connectivity index (χ1) is 17.7. The average molecular weight is 539 g/mol. The molecule has 0 aliphatic rings. The molecule has 0 aliphatic heterocycles. The van der Waals surface area contributed by atoms with Gasteiger partial charge in [0.25, 0.3) is 5.91 Å². The molecule has 1 aromatic heterocycles. The number of pyridine rings is 1. The van der Waals surface area contributed by atoms with Crippen LogP contribution in [-0.2, 0) is 11.2 Å². The Morgan fingerprint density at radius 3 is 2.16 bits per heavy atom. The van der Waals surface area contributed by atoms with Crippen LogP contribution in [0.5, 0.6) is 11.5 Å². The summed E-state index contributed by atoms with van der Waals surface area (Å²) in [5.74, 6) is -0.594. The minimum atomic E-state index is -1.62. The fourth-order valence-electron chi connectivity index (χ4n) is 4.14. The number of carboxylic acids is 1. The predicted molar refractivity (Wildman–Crippen MR) is 144 cm³/mol. The maximum Gasteiger partial charge on any atom is 0.329 e. The Morgan fingerprint density at radius 1 is 0.946 bits per heavy atom. The number of nitrogens with one attached hydrogen (secondary N) is 1. The van der Waals surface area contributed by atoms with E-state index < -0.39 is 17.4 Å². The van der Waals surface area contributed by atoms with E-state index in [1.165, 1.54) is 19.1 Å². The second kappa shape index (κ2) is 10.7. The topological polar surface area (TPSA) is 97.8 Å². The molecule has 1 unspecified atom stereocenters. The molecule has 0 aliphatic carbocycles. The number of fused-ring (bicyclic) bond motifs is 1. The number of amides is 1. The lowest BCUT2D eigenvalue weighted by Crippen LogP contribution is -2.53. The van der Waals surface area contributed by atoms with Gasteiger partial charge in [-0.1, -0.05) is 47.5 Å². The van der Waals surface area contributed by atoms with Crippen molar-refractivity contribution < 1.29 is 24.2 Å². The van der Waals surface area contributed by atoms with Gasteiger partial charge in [0.05, 0.1) is 46.6 Å². The molecule has 9 heteroatoms. The Hall–Kier alpha value is -3.81. The molecule has 3 aromatic carbocycles. The molecule has 1 amide bonds. The van der Waals surface area contributed by atoms with E-state index in [-0.39, 0.29) is 22.0 Å². The van der Waals surface area contributed by atoms with Gasteiger partial charge >= 0.3 is 5.97 Å². The maximum absolute atomic E-state index is 12.9. The molecule has 4 rings (SSSR count). The number of aliphatic carboxylic acids is 1. The molecule has 7 nitrogen and oxygen atoms in total. The zero-order chi connectivity index (χ0) is 26.7. The van der Waals surface area contributed by atoms with Crippen LogP contribution in [0.4, 0.5) is 0 Å². The molecule has 0 spiro atoms. The molecule has 1 atom stereocenters. The van der Waals surface area contributed by atoms with Crippen molar-refractivity contribution in [3.05, 3.63) is 87.9 Å². The first-order valence-electron chi connectivity index (χ1n) is 11.3. The lowest BCUT2D eigenvalue weighted by Gasteiger charge is -2.27. The number of methoxy groups -OCH3 is 2. The number of benzene rings is 3. The maximum atomic E-state index is 12.9. The smallest absolute Gasteiger partial charge is 0.329 e. The summed E-state index contributed by atoms with van der Waals surface area (Å²) in [5, 5.41) is 13.7. The Labute approximate surface area is 224 Å². The van der Waals surface area contributed by atoms with Gasteiger partial charge in [0.15, 0.2) is 0 Å². The van der Waals surface area contributed by atoms with Crippen LogP contribution in [0.2, 0.25) is 10.0 Å². The van der Waals surface area contributed by atoms with Gasteiger partial charge in [0.1, 0.15) is 17.0 Å². The van der Waals surface area contributed by atoms with Crippen LogP contribution in [0.3, 0.4) is 0 Å². The van der Waals surface area contributed by atoms with E-state index in [1.54, 1.807) is 26.4 Å². The van der Waals surface area contributed by atoms with Gasteiger partial charge in [-0.2, -0.15) is 0 Å². The summed E-state index contributed by atoms with van der Waals surface area (Å²) in [7, 11) is 3.17. The highest BCUT2D eigenvalue weighted by molar-refractivity contribution is 6.39. The standard InChI is InChI=1S/C28H24Cl2N2O5/c1-28(27(34)35,32-26(33)24-18(29)6-4-7-19(24)30)15-16-10-12-20-17(14-16)11-13-21(31-20)25-22(36-2)8-5-9-23(25)37-3/h4-14H,15H2,1-3H3,(H,32,33)(H,34,35). The number of halogens is 2. The summed E-state index contributed by atoms with van der Waals surface area (Å²) in [6, 6.07) is 19.4. The van der Waals surface area contributed by atoms with Crippen LogP contribution >= 0.6 is 23.2 Å². The van der Waals surface area contributed by atoms with Crippen LogP contribution in [0.1, 0.15) is 22.8 Å². The van der Waals surface area contributed by atoms with E-state index in [0.717, 1.165) is 10.9 Å². The zero-order valence-electron chi connectivity index (χ0n) is 20.3. The average Bonchev–Trinajstić information content (AvgIpc) is 2.87. The van der Waals surface area contributed by atoms with E-state index in [0.29, 0.717) is 28.3 Å². The van der Waals surface area contributed by atoms with E-state index in [2.05, 4.69) is 5.32 Å². The third-order valence-electron chi connectivity index (χ3n) is 6.05. The van der Waals surface area contributed by atoms with E-state index in [9.17, 15) is 14.7 Å². The quantitative estimate of drug-likeness (QED) is 0.283. The van der Waals surface area contributed by atoms with Crippen molar-refractivity contribution in [3.8, 4) is 22.8 Å². The Morgan fingerprint density at radius 2 is 1.57 bits per heavy atom. The summed E-state index contributed by atoms with van der Waals surface area (Å²) >= 11 is 12.3. The van der Waals surface area contributed by atoms with Crippen molar-refractivity contribution in [2.45, 2.75) is 18.9 Å². The molecule has 0 radical (unpaired) electrons. The lowest BCUT2D eigenvalue weighted by molar-refractivity contribution is -0.143. The highest BCUT2D eigenvalue weighted by Gasteiger charge is 2.36. The van der Waals surface area contributed by atoms with Crippen molar-refractivity contribution in [2.75, 3.05) is 14.2 Å². The van der Waals surface area contributed by atoms with Crippen molar-refractivity contribution in [1.82, 2.24) is 10.3 Å². The normalized spacial score (nSPS) is 12.6. The number of hydrogen-bond acceptors (Lipinski definition) is 5. The SMILES string of the molecule is COc1cccc(OC)c1-c1ccc2cc(CC(C)(NC(=O)c3c(Cl)cccc3Cl)C(=O)O)ccc2n1. The number of carboxylic acid groups (broad SMARTS) is 1. The third kappa shape index (κ3) is 5.33. The van der Waals surface area contributed by atoms with Crippen molar-refractivity contribution in [2.24, 2.45) is 0 Å². The summed E-state index contributed by atoms with van der Waals surface area (Å²) in [5.41, 5.74) is 1.23. The number of nitrogens with zero attached hydrogens (tertiary/aromatic N) is 1. The number of rotatable bonds is 8. The fraction of sp³-hybridized carbons (Fsp3) is 0.179. The van der Waals surface area contributed by atoms with Gasteiger partial charge in [-0.3, -0.25) is 4.79 Å². The second-order valence-electron chi connectivity index (χ2n) is 8.63. The van der Waals surface area contributed by atoms with E-state index in [1.807, 2.05) is 42.5 Å². The van der Waals surface area contributed by atoms with Crippen LogP contribution in [0.25, 0.3) is 22.2 Å². The van der Waals surface area contributed by atoms with Crippen LogP contribution < -0.4 is 14.8 Å². The molecule has 0 bridgehead atoms. The molecule has 37 heavy (non-hydrogen) atoms. The molecule has 0 saturated heterocycles. The molecule has 0 saturated carbocycles. The molecule has 2 N–H and O–H groups in total. The monoisotopic (exact) mass is 538 g/mol. The van der Waals surface area contributed by atoms with Crippen molar-refractivity contribution in [1.29, 1.82) is 0 Å². The Bertz CT molecular complexity index is 1470. The molecule has 4 aromatic rings. The van der Waals surface area contributed by atoms with Gasteiger partial charge in [-0.05, 0) is 55.0 Å². The van der Waals surface area contributed by atoms with Crippen LogP contribution in [-0.4, -0.2) is 41.7 Å². The van der Waals surface area contributed by atoms with Crippen LogP contribution in [0.15, 0.2) is 66.7 Å². The van der Waals surface area contributed by atoms with Gasteiger partial charge in [0.2, 0.25) is 0 Å². The molecular weight excluding hydrogens is 515 g/mol.